The molecule has 11 heteroatoms. The van der Waals surface area contributed by atoms with Crippen molar-refractivity contribution in [2.24, 2.45) is 0 Å². The van der Waals surface area contributed by atoms with Crippen molar-refractivity contribution >= 4 is 15.9 Å². The van der Waals surface area contributed by atoms with E-state index in [2.05, 4.69) is 5.32 Å². The van der Waals surface area contributed by atoms with Gasteiger partial charge < -0.3 is 10.1 Å². The Morgan fingerprint density at radius 2 is 1.81 bits per heavy atom. The van der Waals surface area contributed by atoms with Gasteiger partial charge >= 0.3 is 6.18 Å². The molecule has 2 aromatic carbocycles. The Morgan fingerprint density at radius 3 is 2.45 bits per heavy atom. The van der Waals surface area contributed by atoms with Crippen molar-refractivity contribution < 1.29 is 35.5 Å². The molecule has 0 radical (unpaired) electrons. The van der Waals surface area contributed by atoms with Crippen LogP contribution in [0.3, 0.4) is 0 Å². The largest absolute Gasteiger partial charge is 0.416 e. The number of halogens is 4. The summed E-state index contributed by atoms with van der Waals surface area (Å²) in [4.78, 5) is 12.5. The predicted molar refractivity (Wildman–Crippen MR) is 103 cm³/mol. The Bertz CT molecular complexity index is 1080. The molecule has 1 aliphatic heterocycles. The minimum Gasteiger partial charge on any atom is -0.379 e. The molecular formula is C20H20F4N2O4S. The molecule has 0 atom stereocenters. The van der Waals surface area contributed by atoms with Crippen LogP contribution < -0.4 is 5.32 Å². The second-order valence-corrected chi connectivity index (χ2v) is 8.88. The number of ether oxygens (including phenoxy) is 1. The highest BCUT2D eigenvalue weighted by Crippen LogP contribution is 2.32. The summed E-state index contributed by atoms with van der Waals surface area (Å²) < 4.78 is 84.9. The molecule has 31 heavy (non-hydrogen) atoms. The van der Waals surface area contributed by atoms with Gasteiger partial charge in [-0.05, 0) is 42.3 Å². The molecule has 0 spiro atoms. The number of sulfonamides is 1. The van der Waals surface area contributed by atoms with Crippen LogP contribution in [0.25, 0.3) is 0 Å². The van der Waals surface area contributed by atoms with Crippen LogP contribution >= 0.6 is 0 Å². The zero-order valence-electron chi connectivity index (χ0n) is 16.5. The van der Waals surface area contributed by atoms with E-state index in [0.717, 1.165) is 12.1 Å². The fourth-order valence-corrected chi connectivity index (χ4v) is 4.85. The average Bonchev–Trinajstić information content (AvgIpc) is 2.72. The number of alkyl halides is 3. The predicted octanol–water partition coefficient (Wildman–Crippen LogP) is 3.10. The van der Waals surface area contributed by atoms with Gasteiger partial charge in [-0.3, -0.25) is 4.79 Å². The highest BCUT2D eigenvalue weighted by Gasteiger charge is 2.34. The smallest absolute Gasteiger partial charge is 0.379 e. The fraction of sp³-hybridized carbons (Fsp3) is 0.350. The van der Waals surface area contributed by atoms with Gasteiger partial charge in [0.25, 0.3) is 5.91 Å². The van der Waals surface area contributed by atoms with E-state index in [-0.39, 0.29) is 42.3 Å². The van der Waals surface area contributed by atoms with Crippen molar-refractivity contribution in [1.29, 1.82) is 0 Å². The van der Waals surface area contributed by atoms with Crippen LogP contribution in [-0.2, 0) is 27.5 Å². The highest BCUT2D eigenvalue weighted by molar-refractivity contribution is 7.89. The first-order valence-electron chi connectivity index (χ1n) is 9.32. The number of aryl methyl sites for hydroxylation is 1. The van der Waals surface area contributed by atoms with Crippen LogP contribution in [0, 0.1) is 12.7 Å². The van der Waals surface area contributed by atoms with Crippen molar-refractivity contribution in [2.45, 2.75) is 24.5 Å². The maximum atomic E-state index is 13.2. The molecule has 3 rings (SSSR count). The van der Waals surface area contributed by atoms with Gasteiger partial charge in [0.15, 0.2) is 0 Å². The summed E-state index contributed by atoms with van der Waals surface area (Å²) in [7, 11) is -3.86. The molecule has 0 saturated carbocycles. The van der Waals surface area contributed by atoms with Gasteiger partial charge in [-0.2, -0.15) is 17.5 Å². The second kappa shape index (κ2) is 8.93. The van der Waals surface area contributed by atoms with Crippen LogP contribution in [0.15, 0.2) is 41.3 Å². The highest BCUT2D eigenvalue weighted by atomic mass is 32.2. The lowest BCUT2D eigenvalue weighted by atomic mass is 10.1. The third kappa shape index (κ3) is 5.23. The molecule has 6 nitrogen and oxygen atoms in total. The van der Waals surface area contributed by atoms with E-state index in [1.165, 1.54) is 22.5 Å². The maximum Gasteiger partial charge on any atom is 0.416 e. The van der Waals surface area contributed by atoms with Crippen molar-refractivity contribution in [3.05, 3.63) is 64.5 Å². The summed E-state index contributed by atoms with van der Waals surface area (Å²) in [5.41, 5.74) is -1.09. The molecule has 1 heterocycles. The van der Waals surface area contributed by atoms with E-state index in [9.17, 15) is 30.8 Å². The number of morpholine rings is 1. The van der Waals surface area contributed by atoms with E-state index in [4.69, 9.17) is 4.74 Å². The lowest BCUT2D eigenvalue weighted by Crippen LogP contribution is -2.41. The molecule has 0 bridgehead atoms. The summed E-state index contributed by atoms with van der Waals surface area (Å²) in [6.45, 7) is 1.97. The van der Waals surface area contributed by atoms with Crippen molar-refractivity contribution in [3.63, 3.8) is 0 Å². The Labute approximate surface area is 176 Å². The molecule has 0 aromatic heterocycles. The molecule has 2 aromatic rings. The quantitative estimate of drug-likeness (QED) is 0.696. The lowest BCUT2D eigenvalue weighted by molar-refractivity contribution is -0.138. The van der Waals surface area contributed by atoms with E-state index in [1.807, 2.05) is 0 Å². The van der Waals surface area contributed by atoms with Crippen LogP contribution in [-0.4, -0.2) is 44.9 Å². The molecule has 0 unspecified atom stereocenters. The molecular weight excluding hydrogens is 440 g/mol. The average molecular weight is 460 g/mol. The number of nitrogens with one attached hydrogen (secondary N) is 1. The second-order valence-electron chi connectivity index (χ2n) is 6.98. The number of benzene rings is 2. The summed E-state index contributed by atoms with van der Waals surface area (Å²) in [6, 6.07) is 6.22. The van der Waals surface area contributed by atoms with Crippen LogP contribution in [0.5, 0.6) is 0 Å². The Balaban J connectivity index is 1.82. The zero-order chi connectivity index (χ0) is 22.8. The minimum absolute atomic E-state index is 0.0203. The van der Waals surface area contributed by atoms with E-state index in [0.29, 0.717) is 11.6 Å². The Kier molecular flexibility index (Phi) is 6.68. The third-order valence-corrected chi connectivity index (χ3v) is 6.90. The number of carbonyl (C=O) groups is 1. The molecule has 0 aliphatic carbocycles. The van der Waals surface area contributed by atoms with Crippen molar-refractivity contribution in [3.8, 4) is 0 Å². The summed E-state index contributed by atoms with van der Waals surface area (Å²) in [5.74, 6) is -1.80. The maximum absolute atomic E-state index is 13.2. The SMILES string of the molecule is Cc1ccc(C(=O)NCc2ccc(F)cc2C(F)(F)F)cc1S(=O)(=O)N1CCOCC1. The zero-order valence-corrected chi connectivity index (χ0v) is 17.3. The Morgan fingerprint density at radius 1 is 1.13 bits per heavy atom. The van der Waals surface area contributed by atoms with Gasteiger partial charge in [0.2, 0.25) is 10.0 Å². The number of amides is 1. The molecule has 1 aliphatic rings. The topological polar surface area (TPSA) is 75.7 Å². The first-order valence-corrected chi connectivity index (χ1v) is 10.8. The van der Waals surface area contributed by atoms with Gasteiger partial charge in [0.1, 0.15) is 5.82 Å². The number of nitrogens with zero attached hydrogens (tertiary/aromatic N) is 1. The van der Waals surface area contributed by atoms with Crippen LogP contribution in [0.1, 0.15) is 27.0 Å². The number of hydrogen-bond donors (Lipinski definition) is 1. The standard InChI is InChI=1S/C20H20F4N2O4S/c1-13-2-3-14(10-18(13)31(28,29)26-6-8-30-9-7-26)19(27)25-12-15-4-5-16(21)11-17(15)20(22,23)24/h2-5,10-11H,6-9,12H2,1H3,(H,25,27). The molecule has 1 saturated heterocycles. The van der Waals surface area contributed by atoms with Gasteiger partial charge in [0.05, 0.1) is 23.7 Å². The van der Waals surface area contributed by atoms with E-state index < -0.39 is 40.0 Å². The van der Waals surface area contributed by atoms with Crippen LogP contribution in [0.2, 0.25) is 0 Å². The van der Waals surface area contributed by atoms with Gasteiger partial charge in [-0.15, -0.1) is 0 Å². The minimum atomic E-state index is -4.79. The normalized spacial score (nSPS) is 15.6. The number of hydrogen-bond acceptors (Lipinski definition) is 4. The summed E-state index contributed by atoms with van der Waals surface area (Å²) in [5, 5.41) is 2.34. The van der Waals surface area contributed by atoms with Crippen molar-refractivity contribution in [1.82, 2.24) is 9.62 Å². The molecule has 1 fully saturated rings. The third-order valence-electron chi connectivity index (χ3n) is 4.85. The monoisotopic (exact) mass is 460 g/mol. The molecule has 1 amide bonds. The summed E-state index contributed by atoms with van der Waals surface area (Å²) in [6.07, 6.45) is -4.79. The van der Waals surface area contributed by atoms with Gasteiger partial charge in [-0.25, -0.2) is 12.8 Å². The number of rotatable bonds is 5. The fourth-order valence-electron chi connectivity index (χ4n) is 3.19. The molecule has 168 valence electrons. The number of carbonyl (C=O) groups excluding carboxylic acids is 1. The van der Waals surface area contributed by atoms with Gasteiger partial charge in [-0.1, -0.05) is 12.1 Å². The molecule has 1 N–H and O–H groups in total. The van der Waals surface area contributed by atoms with E-state index >= 15 is 0 Å². The summed E-state index contributed by atoms with van der Waals surface area (Å²) >= 11 is 0. The van der Waals surface area contributed by atoms with Crippen molar-refractivity contribution in [2.75, 3.05) is 26.3 Å². The first kappa shape index (κ1) is 23.2. The Hall–Kier alpha value is -2.50. The lowest BCUT2D eigenvalue weighted by Gasteiger charge is -2.26. The van der Waals surface area contributed by atoms with Crippen LogP contribution in [0.4, 0.5) is 17.6 Å². The first-order chi connectivity index (χ1) is 14.5. The van der Waals surface area contributed by atoms with Gasteiger partial charge in [0, 0.05) is 25.2 Å². The van der Waals surface area contributed by atoms with E-state index in [1.54, 1.807) is 6.92 Å².